The molecule has 0 spiro atoms. The number of aryl methyl sites for hydroxylation is 2. The van der Waals surface area contributed by atoms with E-state index in [0.717, 1.165) is 48.9 Å². The second-order valence-corrected chi connectivity index (χ2v) is 7.93. The summed E-state index contributed by atoms with van der Waals surface area (Å²) in [5.41, 5.74) is 2.19. The van der Waals surface area contributed by atoms with Gasteiger partial charge in [0.25, 0.3) is 0 Å². The van der Waals surface area contributed by atoms with Gasteiger partial charge in [-0.3, -0.25) is 4.79 Å². The van der Waals surface area contributed by atoms with Gasteiger partial charge in [-0.1, -0.05) is 32.1 Å². The van der Waals surface area contributed by atoms with Crippen LogP contribution < -0.4 is 0 Å². The minimum atomic E-state index is 0.183. The Balaban J connectivity index is 1.43. The van der Waals surface area contributed by atoms with Gasteiger partial charge in [-0.25, -0.2) is 4.98 Å². The highest BCUT2D eigenvalue weighted by atomic mass is 16.2. The Morgan fingerprint density at radius 1 is 1.13 bits per heavy atom. The summed E-state index contributed by atoms with van der Waals surface area (Å²) in [5.74, 6) is 3.24. The summed E-state index contributed by atoms with van der Waals surface area (Å²) >= 11 is 0. The number of aromatic nitrogens is 2. The van der Waals surface area contributed by atoms with Gasteiger partial charge in [0.1, 0.15) is 5.82 Å². The molecule has 0 bridgehead atoms. The van der Waals surface area contributed by atoms with Crippen molar-refractivity contribution in [1.29, 1.82) is 0 Å². The fraction of sp³-hybridized carbons (Fsp3) is 0.789. The lowest BCUT2D eigenvalue weighted by Crippen LogP contribution is -2.33. The first-order valence-corrected chi connectivity index (χ1v) is 9.48. The van der Waals surface area contributed by atoms with Gasteiger partial charge in [0.15, 0.2) is 0 Å². The van der Waals surface area contributed by atoms with Gasteiger partial charge < -0.3 is 9.88 Å². The van der Waals surface area contributed by atoms with E-state index in [0.29, 0.717) is 17.7 Å². The highest BCUT2D eigenvalue weighted by Crippen LogP contribution is 2.51. The van der Waals surface area contributed by atoms with Crippen molar-refractivity contribution in [2.45, 2.75) is 71.3 Å². The summed E-state index contributed by atoms with van der Waals surface area (Å²) in [6, 6.07) is 0.183. The number of rotatable bonds is 3. The zero-order valence-electron chi connectivity index (χ0n) is 14.5. The maximum atomic E-state index is 13.0. The fourth-order valence-corrected chi connectivity index (χ4v) is 4.84. The van der Waals surface area contributed by atoms with Crippen LogP contribution in [0.4, 0.5) is 0 Å². The summed E-state index contributed by atoms with van der Waals surface area (Å²) in [7, 11) is 0. The van der Waals surface area contributed by atoms with E-state index < -0.39 is 0 Å². The molecule has 126 valence electrons. The van der Waals surface area contributed by atoms with Crippen molar-refractivity contribution < 1.29 is 4.79 Å². The molecule has 1 aromatic rings. The van der Waals surface area contributed by atoms with Crippen LogP contribution in [0.2, 0.25) is 0 Å². The molecule has 4 rings (SSSR count). The first kappa shape index (κ1) is 15.2. The molecule has 0 radical (unpaired) electrons. The third kappa shape index (κ3) is 2.81. The van der Waals surface area contributed by atoms with Gasteiger partial charge >= 0.3 is 0 Å². The highest BCUT2D eigenvalue weighted by molar-refractivity contribution is 5.82. The lowest BCUT2D eigenvalue weighted by atomic mass is 9.85. The Kier molecular flexibility index (Phi) is 3.94. The summed E-state index contributed by atoms with van der Waals surface area (Å²) < 4.78 is 0. The average molecular weight is 315 g/mol. The monoisotopic (exact) mass is 315 g/mol. The number of amides is 1. The molecule has 3 unspecified atom stereocenters. The van der Waals surface area contributed by atoms with Crippen LogP contribution in [0.25, 0.3) is 0 Å². The molecule has 3 aliphatic rings. The molecular formula is C19H29N3O. The number of carbonyl (C=O) groups is 1. The van der Waals surface area contributed by atoms with E-state index in [1.54, 1.807) is 0 Å². The van der Waals surface area contributed by atoms with Crippen LogP contribution in [-0.4, -0.2) is 27.3 Å². The number of imidazole rings is 1. The van der Waals surface area contributed by atoms with Crippen LogP contribution in [0, 0.1) is 31.6 Å². The molecule has 1 aliphatic heterocycles. The number of carbonyl (C=O) groups excluding carboxylic acids is 1. The number of likely N-dealkylation sites (tertiary alicyclic amines) is 1. The molecule has 3 fully saturated rings. The summed E-state index contributed by atoms with van der Waals surface area (Å²) in [5, 5.41) is 0. The van der Waals surface area contributed by atoms with Gasteiger partial charge in [0.05, 0.1) is 11.7 Å². The van der Waals surface area contributed by atoms with E-state index in [1.807, 2.05) is 6.92 Å². The molecule has 3 atom stereocenters. The molecule has 2 saturated carbocycles. The average Bonchev–Trinajstić information content (AvgIpc) is 3.09. The van der Waals surface area contributed by atoms with Gasteiger partial charge in [0.2, 0.25) is 5.91 Å². The maximum Gasteiger partial charge on any atom is 0.226 e. The van der Waals surface area contributed by atoms with Crippen LogP contribution in [0.3, 0.4) is 0 Å². The summed E-state index contributed by atoms with van der Waals surface area (Å²) in [6.45, 7) is 5.01. The Hall–Kier alpha value is -1.32. The van der Waals surface area contributed by atoms with Gasteiger partial charge in [0, 0.05) is 18.2 Å². The molecule has 0 aromatic carbocycles. The lowest BCUT2D eigenvalue weighted by Gasteiger charge is -2.25. The Labute approximate surface area is 139 Å². The SMILES string of the molecule is Cc1nc(C2CCCN2C(=O)C2CC2C2CCCCC2)[nH]c1C. The van der Waals surface area contributed by atoms with Crippen LogP contribution in [0.15, 0.2) is 0 Å². The maximum absolute atomic E-state index is 13.0. The lowest BCUT2D eigenvalue weighted by molar-refractivity contribution is -0.134. The molecule has 4 heteroatoms. The zero-order valence-corrected chi connectivity index (χ0v) is 14.5. The highest BCUT2D eigenvalue weighted by Gasteiger charge is 2.50. The molecule has 1 N–H and O–H groups in total. The van der Waals surface area contributed by atoms with Crippen molar-refractivity contribution in [2.75, 3.05) is 6.54 Å². The van der Waals surface area contributed by atoms with E-state index in [1.165, 1.54) is 32.1 Å². The predicted octanol–water partition coefficient (Wildman–Crippen LogP) is 3.91. The first-order valence-electron chi connectivity index (χ1n) is 9.48. The second kappa shape index (κ2) is 5.95. The van der Waals surface area contributed by atoms with Crippen LogP contribution in [-0.2, 0) is 4.79 Å². The van der Waals surface area contributed by atoms with Crippen LogP contribution in [0.1, 0.15) is 74.6 Å². The Bertz CT molecular complexity index is 568. The van der Waals surface area contributed by atoms with Crippen molar-refractivity contribution >= 4 is 5.91 Å². The van der Waals surface area contributed by atoms with E-state index in [2.05, 4.69) is 21.8 Å². The van der Waals surface area contributed by atoms with E-state index >= 15 is 0 Å². The van der Waals surface area contributed by atoms with Crippen molar-refractivity contribution in [3.8, 4) is 0 Å². The zero-order chi connectivity index (χ0) is 16.0. The number of aromatic amines is 1. The molecule has 2 aliphatic carbocycles. The number of nitrogens with one attached hydrogen (secondary N) is 1. The second-order valence-electron chi connectivity index (χ2n) is 7.93. The summed E-state index contributed by atoms with van der Waals surface area (Å²) in [6.07, 6.45) is 10.2. The van der Waals surface area contributed by atoms with E-state index in [9.17, 15) is 4.79 Å². The third-order valence-electron chi connectivity index (χ3n) is 6.41. The fourth-order valence-electron chi connectivity index (χ4n) is 4.84. The van der Waals surface area contributed by atoms with Crippen molar-refractivity contribution in [3.63, 3.8) is 0 Å². The number of hydrogen-bond acceptors (Lipinski definition) is 2. The largest absolute Gasteiger partial charge is 0.344 e. The molecule has 1 aromatic heterocycles. The predicted molar refractivity (Wildman–Crippen MR) is 89.9 cm³/mol. The van der Waals surface area contributed by atoms with Crippen molar-refractivity contribution in [1.82, 2.24) is 14.9 Å². The number of hydrogen-bond donors (Lipinski definition) is 1. The van der Waals surface area contributed by atoms with Crippen molar-refractivity contribution in [3.05, 3.63) is 17.2 Å². The van der Waals surface area contributed by atoms with Crippen molar-refractivity contribution in [2.24, 2.45) is 17.8 Å². The standard InChI is InChI=1S/C19H29N3O/c1-12-13(2)21-18(20-12)17-9-6-10-22(17)19(23)16-11-15(16)14-7-4-3-5-8-14/h14-17H,3-11H2,1-2H3,(H,20,21). The minimum absolute atomic E-state index is 0.183. The molecular weight excluding hydrogens is 286 g/mol. The topological polar surface area (TPSA) is 49.0 Å². The molecule has 23 heavy (non-hydrogen) atoms. The first-order chi connectivity index (χ1) is 11.1. The third-order valence-corrected chi connectivity index (χ3v) is 6.41. The Morgan fingerprint density at radius 3 is 2.61 bits per heavy atom. The van der Waals surface area contributed by atoms with Gasteiger partial charge in [-0.05, 0) is 44.9 Å². The number of nitrogens with zero attached hydrogens (tertiary/aromatic N) is 2. The van der Waals surface area contributed by atoms with Gasteiger partial charge in [-0.15, -0.1) is 0 Å². The van der Waals surface area contributed by atoms with Crippen LogP contribution >= 0.6 is 0 Å². The van der Waals surface area contributed by atoms with E-state index in [4.69, 9.17) is 0 Å². The smallest absolute Gasteiger partial charge is 0.226 e. The molecule has 4 nitrogen and oxygen atoms in total. The molecule has 1 amide bonds. The van der Waals surface area contributed by atoms with Crippen LogP contribution in [0.5, 0.6) is 0 Å². The quantitative estimate of drug-likeness (QED) is 0.919. The number of H-pyrrole nitrogens is 1. The summed E-state index contributed by atoms with van der Waals surface area (Å²) in [4.78, 5) is 23.2. The minimum Gasteiger partial charge on any atom is -0.344 e. The Morgan fingerprint density at radius 2 is 1.91 bits per heavy atom. The molecule has 1 saturated heterocycles. The van der Waals surface area contributed by atoms with Gasteiger partial charge in [-0.2, -0.15) is 0 Å². The van der Waals surface area contributed by atoms with E-state index in [-0.39, 0.29) is 6.04 Å². The molecule has 2 heterocycles. The normalized spacial score (nSPS) is 31.6.